The first kappa shape index (κ1) is 13.9. The zero-order valence-corrected chi connectivity index (χ0v) is 11.5. The number of hydrogen-bond donors (Lipinski definition) is 1. The van der Waals surface area contributed by atoms with Crippen molar-refractivity contribution in [3.05, 3.63) is 12.0 Å². The molecule has 0 radical (unpaired) electrons. The molecule has 1 aromatic rings. The van der Waals surface area contributed by atoms with E-state index in [2.05, 4.69) is 16.8 Å². The first-order chi connectivity index (χ1) is 9.10. The minimum atomic E-state index is -1.06. The molecule has 1 unspecified atom stereocenters. The highest BCUT2D eigenvalue weighted by atomic mass is 16.4. The number of hydrogen-bond acceptors (Lipinski definition) is 5. The SMILES string of the molecule is CCN1CCCC(CN(C)c2nc(C(=O)O)co2)C1. The molecule has 1 atom stereocenters. The lowest BCUT2D eigenvalue weighted by molar-refractivity contribution is 0.0690. The Bertz CT molecular complexity index is 433. The third-order valence-electron chi connectivity index (χ3n) is 3.62. The second kappa shape index (κ2) is 6.06. The Morgan fingerprint density at radius 3 is 3.11 bits per heavy atom. The number of aromatic nitrogens is 1. The lowest BCUT2D eigenvalue weighted by atomic mass is 9.98. The summed E-state index contributed by atoms with van der Waals surface area (Å²) in [6.07, 6.45) is 3.61. The van der Waals surface area contributed by atoms with E-state index in [0.717, 1.165) is 19.6 Å². The molecule has 6 nitrogen and oxygen atoms in total. The molecule has 1 saturated heterocycles. The largest absolute Gasteiger partial charge is 0.476 e. The van der Waals surface area contributed by atoms with Gasteiger partial charge in [-0.2, -0.15) is 4.98 Å². The molecule has 6 heteroatoms. The maximum absolute atomic E-state index is 10.8. The van der Waals surface area contributed by atoms with Crippen LogP contribution in [0.4, 0.5) is 6.01 Å². The Hall–Kier alpha value is -1.56. The lowest BCUT2D eigenvalue weighted by Gasteiger charge is -2.33. The van der Waals surface area contributed by atoms with E-state index in [1.807, 2.05) is 11.9 Å². The van der Waals surface area contributed by atoms with Crippen LogP contribution in [0.25, 0.3) is 0 Å². The first-order valence-corrected chi connectivity index (χ1v) is 6.72. The minimum absolute atomic E-state index is 0.0410. The van der Waals surface area contributed by atoms with E-state index >= 15 is 0 Å². The molecule has 1 fully saturated rings. The molecular formula is C13H21N3O3. The van der Waals surface area contributed by atoms with Crippen molar-refractivity contribution in [3.63, 3.8) is 0 Å². The van der Waals surface area contributed by atoms with Crippen molar-refractivity contribution in [1.29, 1.82) is 0 Å². The zero-order valence-electron chi connectivity index (χ0n) is 11.5. The molecule has 19 heavy (non-hydrogen) atoms. The number of aromatic carboxylic acids is 1. The van der Waals surface area contributed by atoms with Gasteiger partial charge in [0.2, 0.25) is 0 Å². The van der Waals surface area contributed by atoms with E-state index in [0.29, 0.717) is 11.9 Å². The van der Waals surface area contributed by atoms with Crippen LogP contribution >= 0.6 is 0 Å². The van der Waals surface area contributed by atoms with Gasteiger partial charge in [0.25, 0.3) is 6.01 Å². The molecule has 1 aromatic heterocycles. The predicted octanol–water partition coefficient (Wildman–Crippen LogP) is 1.54. The second-order valence-electron chi connectivity index (χ2n) is 5.10. The van der Waals surface area contributed by atoms with Gasteiger partial charge in [0.05, 0.1) is 0 Å². The average Bonchev–Trinajstić information content (AvgIpc) is 2.89. The third kappa shape index (κ3) is 3.47. The summed E-state index contributed by atoms with van der Waals surface area (Å²) in [4.78, 5) is 19.1. The van der Waals surface area contributed by atoms with E-state index < -0.39 is 5.97 Å². The molecule has 106 valence electrons. The molecule has 0 saturated carbocycles. The van der Waals surface area contributed by atoms with Crippen molar-refractivity contribution in [3.8, 4) is 0 Å². The quantitative estimate of drug-likeness (QED) is 0.872. The van der Waals surface area contributed by atoms with Gasteiger partial charge in [0, 0.05) is 20.1 Å². The van der Waals surface area contributed by atoms with Gasteiger partial charge in [0.1, 0.15) is 6.26 Å². The highest BCUT2D eigenvalue weighted by Gasteiger charge is 2.22. The topological polar surface area (TPSA) is 69.8 Å². The fourth-order valence-electron chi connectivity index (χ4n) is 2.59. The fraction of sp³-hybridized carbons (Fsp3) is 0.692. The number of carboxylic acids is 1. The van der Waals surface area contributed by atoms with Gasteiger partial charge in [-0.15, -0.1) is 0 Å². The number of carboxylic acid groups (broad SMARTS) is 1. The van der Waals surface area contributed by atoms with E-state index in [-0.39, 0.29) is 5.69 Å². The maximum Gasteiger partial charge on any atom is 0.357 e. The standard InChI is InChI=1S/C13H21N3O3/c1-3-16-6-4-5-10(8-16)7-15(2)13-14-11(9-19-13)12(17)18/h9-10H,3-8H2,1-2H3,(H,17,18). The number of anilines is 1. The minimum Gasteiger partial charge on any atom is -0.476 e. The third-order valence-corrected chi connectivity index (χ3v) is 3.62. The van der Waals surface area contributed by atoms with Crippen LogP contribution in [-0.2, 0) is 0 Å². The van der Waals surface area contributed by atoms with E-state index in [1.165, 1.54) is 25.6 Å². The Balaban J connectivity index is 1.92. The molecule has 1 aliphatic heterocycles. The van der Waals surface area contributed by atoms with Crippen LogP contribution in [0.15, 0.2) is 10.7 Å². The highest BCUT2D eigenvalue weighted by Crippen LogP contribution is 2.20. The smallest absolute Gasteiger partial charge is 0.357 e. The summed E-state index contributed by atoms with van der Waals surface area (Å²) in [6.45, 7) is 6.38. The predicted molar refractivity (Wildman–Crippen MR) is 71.6 cm³/mol. The van der Waals surface area contributed by atoms with Gasteiger partial charge in [-0.25, -0.2) is 4.79 Å². The van der Waals surface area contributed by atoms with Gasteiger partial charge >= 0.3 is 5.97 Å². The first-order valence-electron chi connectivity index (χ1n) is 6.72. The zero-order chi connectivity index (χ0) is 13.8. The van der Waals surface area contributed by atoms with Crippen LogP contribution in [-0.4, -0.2) is 54.2 Å². The summed E-state index contributed by atoms with van der Waals surface area (Å²) < 4.78 is 5.20. The highest BCUT2D eigenvalue weighted by molar-refractivity contribution is 5.85. The molecule has 0 bridgehead atoms. The molecule has 2 heterocycles. The molecular weight excluding hydrogens is 246 g/mol. The van der Waals surface area contributed by atoms with Crippen LogP contribution in [0.1, 0.15) is 30.3 Å². The summed E-state index contributed by atoms with van der Waals surface area (Å²) >= 11 is 0. The number of rotatable bonds is 5. The van der Waals surface area contributed by atoms with Crippen molar-refractivity contribution in [2.24, 2.45) is 5.92 Å². The van der Waals surface area contributed by atoms with Crippen molar-refractivity contribution in [2.75, 3.05) is 38.1 Å². The number of piperidine rings is 1. The Morgan fingerprint density at radius 2 is 2.47 bits per heavy atom. The molecule has 2 rings (SSSR count). The number of likely N-dealkylation sites (tertiary alicyclic amines) is 1. The van der Waals surface area contributed by atoms with Crippen LogP contribution < -0.4 is 4.90 Å². The van der Waals surface area contributed by atoms with Crippen LogP contribution in [0, 0.1) is 5.92 Å². The average molecular weight is 267 g/mol. The molecule has 1 N–H and O–H groups in total. The van der Waals surface area contributed by atoms with Crippen molar-refractivity contribution < 1.29 is 14.3 Å². The summed E-state index contributed by atoms with van der Waals surface area (Å²) in [6, 6.07) is 0.381. The van der Waals surface area contributed by atoms with Crippen molar-refractivity contribution in [2.45, 2.75) is 19.8 Å². The van der Waals surface area contributed by atoms with Crippen LogP contribution in [0.5, 0.6) is 0 Å². The molecule has 0 spiro atoms. The van der Waals surface area contributed by atoms with Gasteiger partial charge in [-0.3, -0.25) is 0 Å². The molecule has 0 amide bonds. The van der Waals surface area contributed by atoms with Gasteiger partial charge in [-0.05, 0) is 31.8 Å². The Morgan fingerprint density at radius 1 is 1.68 bits per heavy atom. The van der Waals surface area contributed by atoms with Crippen LogP contribution in [0.2, 0.25) is 0 Å². The maximum atomic E-state index is 10.8. The molecule has 1 aliphatic rings. The Kier molecular flexibility index (Phi) is 4.42. The number of oxazole rings is 1. The van der Waals surface area contributed by atoms with Crippen LogP contribution in [0.3, 0.4) is 0 Å². The number of carbonyl (C=O) groups is 1. The molecule has 0 aromatic carbocycles. The Labute approximate surface area is 113 Å². The van der Waals surface area contributed by atoms with E-state index in [4.69, 9.17) is 9.52 Å². The van der Waals surface area contributed by atoms with Crippen molar-refractivity contribution >= 4 is 12.0 Å². The summed E-state index contributed by atoms with van der Waals surface area (Å²) in [5.41, 5.74) is -0.0410. The number of nitrogens with zero attached hydrogens (tertiary/aromatic N) is 3. The lowest BCUT2D eigenvalue weighted by Crippen LogP contribution is -2.40. The van der Waals surface area contributed by atoms with E-state index in [9.17, 15) is 4.79 Å². The monoisotopic (exact) mass is 267 g/mol. The van der Waals surface area contributed by atoms with E-state index in [1.54, 1.807) is 0 Å². The second-order valence-corrected chi connectivity index (χ2v) is 5.10. The summed E-state index contributed by atoms with van der Waals surface area (Å²) in [7, 11) is 1.89. The van der Waals surface area contributed by atoms with Gasteiger partial charge in [0.15, 0.2) is 5.69 Å². The van der Waals surface area contributed by atoms with Gasteiger partial charge in [-0.1, -0.05) is 6.92 Å². The normalized spacial score (nSPS) is 20.4. The van der Waals surface area contributed by atoms with Crippen molar-refractivity contribution in [1.82, 2.24) is 9.88 Å². The summed E-state index contributed by atoms with van der Waals surface area (Å²) in [5, 5.41) is 8.82. The van der Waals surface area contributed by atoms with Gasteiger partial charge < -0.3 is 19.3 Å². The summed E-state index contributed by atoms with van der Waals surface area (Å²) in [5.74, 6) is -0.475. The fourth-order valence-corrected chi connectivity index (χ4v) is 2.59. The molecule has 0 aliphatic carbocycles.